The Bertz CT molecular complexity index is 28.5. The number of hydrogen-bond donors (Lipinski definition) is 1. The van der Waals surface area contributed by atoms with Crippen molar-refractivity contribution < 1.29 is 0 Å². The lowest BCUT2D eigenvalue weighted by Gasteiger charge is -2.04. The molecule has 0 heterocycles. The predicted molar refractivity (Wildman–Crippen MR) is 33.6 cm³/mol. The first kappa shape index (κ1) is 6.41. The van der Waals surface area contributed by atoms with Crippen LogP contribution in [0.15, 0.2) is 0 Å². The van der Waals surface area contributed by atoms with Gasteiger partial charge in [0.1, 0.15) is 0 Å². The van der Waals surface area contributed by atoms with Gasteiger partial charge in [0.05, 0.1) is 7.85 Å². The molecule has 34 valence electrons. The summed E-state index contributed by atoms with van der Waals surface area (Å²) in [6.45, 7) is 3.92. The van der Waals surface area contributed by atoms with E-state index in [1.807, 2.05) is 13.8 Å². The van der Waals surface area contributed by atoms with Gasteiger partial charge < -0.3 is 0 Å². The first-order chi connectivity index (χ1) is 2.64. The van der Waals surface area contributed by atoms with E-state index >= 15 is 0 Å². The van der Waals surface area contributed by atoms with Crippen LogP contribution in [0, 0.1) is 0 Å². The molecule has 0 aliphatic carbocycles. The minimum absolute atomic E-state index is 0.216. The molecule has 2 atom stereocenters. The molecule has 0 saturated heterocycles. The Morgan fingerprint density at radius 1 is 1.50 bits per heavy atom. The third-order valence-electron chi connectivity index (χ3n) is 0.761. The minimum Gasteiger partial charge on any atom is -0.177 e. The zero-order chi connectivity index (χ0) is 5.15. The zero-order valence-corrected chi connectivity index (χ0v) is 5.07. The van der Waals surface area contributed by atoms with Crippen LogP contribution >= 0.6 is 12.6 Å². The molecule has 2 unspecified atom stereocenters. The van der Waals surface area contributed by atoms with Crippen molar-refractivity contribution in [3.05, 3.63) is 0 Å². The van der Waals surface area contributed by atoms with Crippen LogP contribution in [0.25, 0.3) is 0 Å². The van der Waals surface area contributed by atoms with Gasteiger partial charge in [0.25, 0.3) is 0 Å². The van der Waals surface area contributed by atoms with Crippen LogP contribution in [0.1, 0.15) is 13.8 Å². The highest BCUT2D eigenvalue weighted by molar-refractivity contribution is 7.81. The molecule has 0 nitrogen and oxygen atoms in total. The monoisotopic (exact) mass is 100 g/mol. The summed E-state index contributed by atoms with van der Waals surface area (Å²) in [4.78, 5) is 0. The lowest BCUT2D eigenvalue weighted by Crippen LogP contribution is -1.97. The molecular formula is C4H9BS. The fraction of sp³-hybridized carbons (Fsp3) is 1.00. The van der Waals surface area contributed by atoms with Crippen LogP contribution in [-0.2, 0) is 0 Å². The molecule has 0 amide bonds. The Morgan fingerprint density at radius 3 is 1.67 bits per heavy atom. The van der Waals surface area contributed by atoms with Crippen molar-refractivity contribution in [2.24, 2.45) is 0 Å². The lowest BCUT2D eigenvalue weighted by atomic mass is 9.87. The predicted octanol–water partition coefficient (Wildman–Crippen LogP) is 1.28. The fourth-order valence-electron chi connectivity index (χ4n) is 0. The molecule has 6 heavy (non-hydrogen) atoms. The van der Waals surface area contributed by atoms with E-state index in [0.29, 0.717) is 5.25 Å². The van der Waals surface area contributed by atoms with Crippen molar-refractivity contribution in [3.8, 4) is 0 Å². The highest BCUT2D eigenvalue weighted by atomic mass is 32.1. The van der Waals surface area contributed by atoms with E-state index in [4.69, 9.17) is 7.85 Å². The van der Waals surface area contributed by atoms with E-state index < -0.39 is 0 Å². The maximum absolute atomic E-state index is 5.36. The molecule has 0 saturated carbocycles. The molecule has 2 radical (unpaired) electrons. The standard InChI is InChI=1S/C4H9BS/c1-3(5)4(2)6/h3-4,6H,1-2H3. The van der Waals surface area contributed by atoms with Gasteiger partial charge in [-0.2, -0.15) is 12.6 Å². The third kappa shape index (κ3) is 2.64. The molecule has 0 spiro atoms. The first-order valence-electron chi connectivity index (χ1n) is 2.08. The summed E-state index contributed by atoms with van der Waals surface area (Å²) in [6, 6.07) is 0. The molecule has 0 aromatic carbocycles. The molecule has 2 heteroatoms. The Kier molecular flexibility index (Phi) is 2.74. The summed E-state index contributed by atoms with van der Waals surface area (Å²) in [5.41, 5.74) is 0. The third-order valence-corrected chi connectivity index (χ3v) is 1.23. The molecule has 0 fully saturated rings. The van der Waals surface area contributed by atoms with Crippen LogP contribution < -0.4 is 0 Å². The maximum Gasteiger partial charge on any atom is 0.0710 e. The van der Waals surface area contributed by atoms with Crippen LogP contribution in [0.4, 0.5) is 0 Å². The van der Waals surface area contributed by atoms with E-state index in [9.17, 15) is 0 Å². The molecule has 0 N–H and O–H groups in total. The summed E-state index contributed by atoms with van der Waals surface area (Å²) in [7, 11) is 5.36. The lowest BCUT2D eigenvalue weighted by molar-refractivity contribution is 0.907. The molecule has 0 aromatic rings. The van der Waals surface area contributed by atoms with Crippen LogP contribution in [0.5, 0.6) is 0 Å². The summed E-state index contributed by atoms with van der Waals surface area (Å²) >= 11 is 4.07. The largest absolute Gasteiger partial charge is 0.177 e. The van der Waals surface area contributed by atoms with Crippen molar-refractivity contribution >= 4 is 20.5 Å². The van der Waals surface area contributed by atoms with Crippen molar-refractivity contribution in [1.29, 1.82) is 0 Å². The SMILES string of the molecule is [B]C(C)C(C)S. The summed E-state index contributed by atoms with van der Waals surface area (Å²) in [6.07, 6.45) is 0. The number of rotatable bonds is 1. The normalized spacial score (nSPS) is 19.8. The summed E-state index contributed by atoms with van der Waals surface area (Å²) in [5.74, 6) is 0.216. The van der Waals surface area contributed by atoms with Crippen LogP contribution in [0.2, 0.25) is 5.82 Å². The topological polar surface area (TPSA) is 0 Å². The van der Waals surface area contributed by atoms with Gasteiger partial charge in [-0.15, -0.1) is 0 Å². The maximum atomic E-state index is 5.36. The van der Waals surface area contributed by atoms with E-state index in [1.54, 1.807) is 0 Å². The molecule has 0 aliphatic rings. The van der Waals surface area contributed by atoms with Crippen molar-refractivity contribution in [3.63, 3.8) is 0 Å². The number of thiol groups is 1. The fourth-order valence-corrected chi connectivity index (χ4v) is 0. The zero-order valence-electron chi connectivity index (χ0n) is 4.18. The Balaban J connectivity index is 2.99. The van der Waals surface area contributed by atoms with Crippen LogP contribution in [0.3, 0.4) is 0 Å². The molecule has 0 bridgehead atoms. The van der Waals surface area contributed by atoms with E-state index in [0.717, 1.165) is 0 Å². The summed E-state index contributed by atoms with van der Waals surface area (Å²) < 4.78 is 0. The summed E-state index contributed by atoms with van der Waals surface area (Å²) in [5, 5.41) is 0.324. The van der Waals surface area contributed by atoms with Crippen molar-refractivity contribution in [2.75, 3.05) is 0 Å². The Morgan fingerprint density at radius 2 is 1.67 bits per heavy atom. The molecule has 0 rings (SSSR count). The van der Waals surface area contributed by atoms with E-state index in [1.165, 1.54) is 0 Å². The van der Waals surface area contributed by atoms with Gasteiger partial charge in [-0.25, -0.2) is 0 Å². The van der Waals surface area contributed by atoms with Gasteiger partial charge in [-0.05, 0) is 5.25 Å². The second-order valence-electron chi connectivity index (χ2n) is 1.60. The highest BCUT2D eigenvalue weighted by Crippen LogP contribution is 2.08. The average Bonchev–Trinajstić information content (AvgIpc) is 1.36. The smallest absolute Gasteiger partial charge is 0.0710 e. The van der Waals surface area contributed by atoms with Crippen molar-refractivity contribution in [2.45, 2.75) is 24.9 Å². The quantitative estimate of drug-likeness (QED) is 0.372. The van der Waals surface area contributed by atoms with E-state index in [2.05, 4.69) is 12.6 Å². The second kappa shape index (κ2) is 2.56. The average molecular weight is 100.0 g/mol. The van der Waals surface area contributed by atoms with Gasteiger partial charge in [0, 0.05) is 0 Å². The van der Waals surface area contributed by atoms with Gasteiger partial charge >= 0.3 is 0 Å². The highest BCUT2D eigenvalue weighted by Gasteiger charge is 1.96. The number of hydrogen-bond acceptors (Lipinski definition) is 1. The first-order valence-corrected chi connectivity index (χ1v) is 2.60. The van der Waals surface area contributed by atoms with Crippen LogP contribution in [-0.4, -0.2) is 13.1 Å². The van der Waals surface area contributed by atoms with Gasteiger partial charge in [0.15, 0.2) is 0 Å². The van der Waals surface area contributed by atoms with E-state index in [-0.39, 0.29) is 5.82 Å². The molecular weight excluding hydrogens is 90.9 g/mol. The molecule has 0 aliphatic heterocycles. The van der Waals surface area contributed by atoms with Gasteiger partial charge in [-0.3, -0.25) is 0 Å². The Hall–Kier alpha value is 0.415. The van der Waals surface area contributed by atoms with Gasteiger partial charge in [0.2, 0.25) is 0 Å². The van der Waals surface area contributed by atoms with Gasteiger partial charge in [-0.1, -0.05) is 19.7 Å². The minimum atomic E-state index is 0.216. The Labute approximate surface area is 46.1 Å². The van der Waals surface area contributed by atoms with Crippen molar-refractivity contribution in [1.82, 2.24) is 0 Å². The second-order valence-corrected chi connectivity index (χ2v) is 2.41. The molecule has 0 aromatic heterocycles.